The van der Waals surface area contributed by atoms with Gasteiger partial charge in [-0.05, 0) is 12.1 Å². The van der Waals surface area contributed by atoms with E-state index < -0.39 is 0 Å². The molecule has 1 amide bonds. The lowest BCUT2D eigenvalue weighted by Crippen LogP contribution is -2.23. The molecule has 20 heavy (non-hydrogen) atoms. The van der Waals surface area contributed by atoms with E-state index in [0.29, 0.717) is 12.2 Å². The van der Waals surface area contributed by atoms with Crippen molar-refractivity contribution in [1.29, 1.82) is 0 Å². The quantitative estimate of drug-likeness (QED) is 0.660. The van der Waals surface area contributed by atoms with Gasteiger partial charge in [-0.2, -0.15) is 10.2 Å². The summed E-state index contributed by atoms with van der Waals surface area (Å²) in [7, 11) is 0. The van der Waals surface area contributed by atoms with Gasteiger partial charge in [0.25, 0.3) is 5.91 Å². The molecule has 0 radical (unpaired) electrons. The molecule has 0 saturated heterocycles. The number of hydrogen-bond acceptors (Lipinski definition) is 4. The van der Waals surface area contributed by atoms with Crippen LogP contribution in [0.5, 0.6) is 0 Å². The molecule has 3 rings (SSSR count). The third kappa shape index (κ3) is 2.56. The second kappa shape index (κ2) is 5.35. The molecule has 3 aromatic heterocycles. The molecule has 0 aliphatic heterocycles. The number of nitrogens with one attached hydrogen (secondary N) is 3. The maximum absolute atomic E-state index is 11.9. The molecule has 7 nitrogen and oxygen atoms in total. The topological polar surface area (TPSA) is 99.4 Å². The Balaban J connectivity index is 1.66. The summed E-state index contributed by atoms with van der Waals surface area (Å²) in [6.45, 7) is 0.393. The van der Waals surface area contributed by atoms with Crippen LogP contribution in [0, 0.1) is 0 Å². The van der Waals surface area contributed by atoms with Gasteiger partial charge < -0.3 is 5.32 Å². The van der Waals surface area contributed by atoms with E-state index in [1.165, 1.54) is 0 Å². The number of rotatable bonds is 4. The van der Waals surface area contributed by atoms with Crippen molar-refractivity contribution in [3.8, 4) is 11.1 Å². The minimum Gasteiger partial charge on any atom is -0.345 e. The first-order chi connectivity index (χ1) is 9.83. The van der Waals surface area contributed by atoms with Gasteiger partial charge in [-0.15, -0.1) is 0 Å². The van der Waals surface area contributed by atoms with Crippen molar-refractivity contribution in [2.45, 2.75) is 6.54 Å². The van der Waals surface area contributed by atoms with Crippen LogP contribution in [0.15, 0.2) is 43.0 Å². The second-order valence-corrected chi connectivity index (χ2v) is 4.18. The summed E-state index contributed by atoms with van der Waals surface area (Å²) >= 11 is 0. The average Bonchev–Trinajstić information content (AvgIpc) is 3.18. The number of amides is 1. The Morgan fingerprint density at radius 1 is 1.15 bits per heavy atom. The molecule has 100 valence electrons. The molecule has 7 heteroatoms. The maximum atomic E-state index is 11.9. The van der Waals surface area contributed by atoms with Crippen LogP contribution in [-0.4, -0.2) is 31.3 Å². The lowest BCUT2D eigenvalue weighted by Gasteiger charge is -2.03. The third-order valence-electron chi connectivity index (χ3n) is 2.83. The molecule has 0 bridgehead atoms. The number of carbonyl (C=O) groups excluding carboxylic acids is 1. The molecule has 0 atom stereocenters. The highest BCUT2D eigenvalue weighted by atomic mass is 16.1. The lowest BCUT2D eigenvalue weighted by molar-refractivity contribution is 0.0945. The van der Waals surface area contributed by atoms with Crippen molar-refractivity contribution in [3.05, 3.63) is 54.4 Å². The normalized spacial score (nSPS) is 10.4. The van der Waals surface area contributed by atoms with Gasteiger partial charge in [0.1, 0.15) is 5.69 Å². The average molecular weight is 268 g/mol. The molecule has 3 N–H and O–H groups in total. The highest BCUT2D eigenvalue weighted by Gasteiger charge is 2.08. The summed E-state index contributed by atoms with van der Waals surface area (Å²) in [5, 5.41) is 16.0. The van der Waals surface area contributed by atoms with Crippen LogP contribution in [0.2, 0.25) is 0 Å². The zero-order valence-electron chi connectivity index (χ0n) is 10.5. The number of carbonyl (C=O) groups is 1. The maximum Gasteiger partial charge on any atom is 0.270 e. The van der Waals surface area contributed by atoms with Gasteiger partial charge in [0.15, 0.2) is 0 Å². The second-order valence-electron chi connectivity index (χ2n) is 4.18. The number of aromatic amines is 2. The summed E-state index contributed by atoms with van der Waals surface area (Å²) in [5.41, 5.74) is 3.05. The van der Waals surface area contributed by atoms with E-state index in [1.54, 1.807) is 36.9 Å². The summed E-state index contributed by atoms with van der Waals surface area (Å²) in [4.78, 5) is 16.1. The first-order valence-corrected chi connectivity index (χ1v) is 6.04. The van der Waals surface area contributed by atoms with E-state index in [-0.39, 0.29) is 5.91 Å². The fourth-order valence-electron chi connectivity index (χ4n) is 1.76. The first kappa shape index (κ1) is 12.1. The Kier molecular flexibility index (Phi) is 3.24. The standard InChI is InChI=1S/C13H12N6O/c20-13(15-8-11-3-4-16-19-11)12-2-1-9(5-14-12)10-6-17-18-7-10/h1-7H,8H2,(H,15,20)(H,16,19)(H,17,18). The third-order valence-corrected chi connectivity index (χ3v) is 2.83. The van der Waals surface area contributed by atoms with Gasteiger partial charge in [0.2, 0.25) is 0 Å². The fourth-order valence-corrected chi connectivity index (χ4v) is 1.76. The summed E-state index contributed by atoms with van der Waals surface area (Å²) < 4.78 is 0. The van der Waals surface area contributed by atoms with Crippen molar-refractivity contribution in [2.24, 2.45) is 0 Å². The van der Waals surface area contributed by atoms with E-state index in [4.69, 9.17) is 0 Å². The molecule has 3 aromatic rings. The number of aromatic nitrogens is 5. The Labute approximate surface area is 114 Å². The van der Waals surface area contributed by atoms with E-state index in [0.717, 1.165) is 16.8 Å². The molecule has 0 aromatic carbocycles. The van der Waals surface area contributed by atoms with Gasteiger partial charge in [0.05, 0.1) is 18.4 Å². The number of pyridine rings is 1. The highest BCUT2D eigenvalue weighted by molar-refractivity contribution is 5.92. The predicted molar refractivity (Wildman–Crippen MR) is 71.6 cm³/mol. The van der Waals surface area contributed by atoms with Crippen molar-refractivity contribution in [3.63, 3.8) is 0 Å². The Hall–Kier alpha value is -2.96. The highest BCUT2D eigenvalue weighted by Crippen LogP contribution is 2.16. The van der Waals surface area contributed by atoms with Crippen LogP contribution in [0.25, 0.3) is 11.1 Å². The zero-order valence-corrected chi connectivity index (χ0v) is 10.5. The van der Waals surface area contributed by atoms with E-state index in [1.807, 2.05) is 6.07 Å². The van der Waals surface area contributed by atoms with Crippen LogP contribution in [0.4, 0.5) is 0 Å². The number of nitrogens with zero attached hydrogens (tertiary/aromatic N) is 3. The monoisotopic (exact) mass is 268 g/mol. The Bertz CT molecular complexity index is 672. The smallest absolute Gasteiger partial charge is 0.270 e. The van der Waals surface area contributed by atoms with Gasteiger partial charge in [0, 0.05) is 29.7 Å². The fraction of sp³-hybridized carbons (Fsp3) is 0.0769. The SMILES string of the molecule is O=C(NCc1ccn[nH]1)c1ccc(-c2cn[nH]c2)cn1. The van der Waals surface area contributed by atoms with Crippen molar-refractivity contribution in [1.82, 2.24) is 30.7 Å². The molecule has 0 aliphatic carbocycles. The molecule has 3 heterocycles. The molecule has 0 fully saturated rings. The minimum absolute atomic E-state index is 0.224. The van der Waals surface area contributed by atoms with Crippen LogP contribution in [-0.2, 0) is 6.54 Å². The van der Waals surface area contributed by atoms with Gasteiger partial charge in [-0.25, -0.2) is 0 Å². The molecule has 0 unspecified atom stereocenters. The van der Waals surface area contributed by atoms with E-state index in [2.05, 4.69) is 30.7 Å². The lowest BCUT2D eigenvalue weighted by atomic mass is 10.1. The zero-order chi connectivity index (χ0) is 13.8. The van der Waals surface area contributed by atoms with Crippen LogP contribution in [0.3, 0.4) is 0 Å². The van der Waals surface area contributed by atoms with E-state index >= 15 is 0 Å². The molecule has 0 saturated carbocycles. The molecule has 0 spiro atoms. The minimum atomic E-state index is -0.224. The van der Waals surface area contributed by atoms with Crippen molar-refractivity contribution in [2.75, 3.05) is 0 Å². The van der Waals surface area contributed by atoms with Gasteiger partial charge in [-0.3, -0.25) is 20.0 Å². The van der Waals surface area contributed by atoms with Crippen molar-refractivity contribution < 1.29 is 4.79 Å². The van der Waals surface area contributed by atoms with Gasteiger partial charge >= 0.3 is 0 Å². The molecule has 0 aliphatic rings. The Morgan fingerprint density at radius 2 is 2.10 bits per heavy atom. The molecular formula is C13H12N6O. The number of hydrogen-bond donors (Lipinski definition) is 3. The summed E-state index contributed by atoms with van der Waals surface area (Å²) in [6.07, 6.45) is 6.76. The van der Waals surface area contributed by atoms with Crippen molar-refractivity contribution >= 4 is 5.91 Å². The predicted octanol–water partition coefficient (Wildman–Crippen LogP) is 1.12. The first-order valence-electron chi connectivity index (χ1n) is 6.04. The molecular weight excluding hydrogens is 256 g/mol. The van der Waals surface area contributed by atoms with Crippen LogP contribution in [0.1, 0.15) is 16.2 Å². The van der Waals surface area contributed by atoms with E-state index in [9.17, 15) is 4.79 Å². The Morgan fingerprint density at radius 3 is 2.75 bits per heavy atom. The number of H-pyrrole nitrogens is 2. The summed E-state index contributed by atoms with van der Waals surface area (Å²) in [5.74, 6) is -0.224. The summed E-state index contributed by atoms with van der Waals surface area (Å²) in [6, 6.07) is 5.32. The van der Waals surface area contributed by atoms with Gasteiger partial charge in [-0.1, -0.05) is 6.07 Å². The largest absolute Gasteiger partial charge is 0.345 e. The van der Waals surface area contributed by atoms with Crippen LogP contribution < -0.4 is 5.32 Å². The van der Waals surface area contributed by atoms with Crippen LogP contribution >= 0.6 is 0 Å².